The lowest BCUT2D eigenvalue weighted by atomic mass is 10.0. The molecule has 0 atom stereocenters. The molecule has 0 aromatic heterocycles. The van der Waals surface area contributed by atoms with Crippen LogP contribution in [0.5, 0.6) is 0 Å². The van der Waals surface area contributed by atoms with Gasteiger partial charge in [0.1, 0.15) is 0 Å². The molecule has 0 radical (unpaired) electrons. The predicted octanol–water partition coefficient (Wildman–Crippen LogP) is 4.51. The number of Topliss-reactive ketones (excluding diaryl/α,β-unsaturated/α-hetero) is 1. The average molecular weight is 381 g/mol. The highest BCUT2D eigenvalue weighted by atomic mass is 32.2. The lowest BCUT2D eigenvalue weighted by Gasteiger charge is -2.08. The van der Waals surface area contributed by atoms with E-state index in [2.05, 4.69) is 0 Å². The number of hydrogen-bond donors (Lipinski definition) is 0. The van der Waals surface area contributed by atoms with Crippen molar-refractivity contribution in [2.75, 3.05) is 12.9 Å². The zero-order valence-corrected chi connectivity index (χ0v) is 15.2. The van der Waals surface area contributed by atoms with Crippen LogP contribution in [0, 0.1) is 10.1 Å². The molecule has 0 saturated heterocycles. The number of rotatable bonds is 6. The average Bonchev–Trinajstić information content (AvgIpc) is 2.70. The highest BCUT2D eigenvalue weighted by Crippen LogP contribution is 2.28. The van der Waals surface area contributed by atoms with Crippen LogP contribution >= 0.6 is 11.8 Å². The summed E-state index contributed by atoms with van der Waals surface area (Å²) < 4.78 is 5.08. The standard InChI is InChI=1S/C20H15NO5S/c1-27-19-10-9-14(11-17(19)21(24)25)20(23)26-12-18(22)16-8-4-6-13-5-2-3-7-15(13)16/h2-11H,12H2,1H3. The first-order valence-corrected chi connectivity index (χ1v) is 9.24. The summed E-state index contributed by atoms with van der Waals surface area (Å²) in [4.78, 5) is 35.7. The second kappa shape index (κ2) is 8.01. The molecule has 0 fully saturated rings. The summed E-state index contributed by atoms with van der Waals surface area (Å²) in [5.74, 6) is -1.12. The van der Waals surface area contributed by atoms with Gasteiger partial charge in [-0.25, -0.2) is 4.79 Å². The maximum atomic E-state index is 12.5. The first-order chi connectivity index (χ1) is 13.0. The van der Waals surface area contributed by atoms with E-state index in [1.54, 1.807) is 18.4 Å². The molecule has 3 aromatic carbocycles. The van der Waals surface area contributed by atoms with E-state index >= 15 is 0 Å². The Morgan fingerprint density at radius 2 is 1.81 bits per heavy atom. The van der Waals surface area contributed by atoms with Crippen molar-refractivity contribution in [1.82, 2.24) is 0 Å². The molecule has 0 amide bonds. The molecule has 0 aliphatic rings. The fourth-order valence-electron chi connectivity index (χ4n) is 2.72. The highest BCUT2D eigenvalue weighted by Gasteiger charge is 2.19. The minimum atomic E-state index is -0.778. The first kappa shape index (κ1) is 18.6. The Kier molecular flexibility index (Phi) is 5.52. The van der Waals surface area contributed by atoms with Gasteiger partial charge in [0.2, 0.25) is 5.78 Å². The zero-order chi connectivity index (χ0) is 19.4. The number of esters is 1. The molecule has 7 heteroatoms. The number of benzene rings is 3. The smallest absolute Gasteiger partial charge is 0.338 e. The van der Waals surface area contributed by atoms with Crippen molar-refractivity contribution in [3.05, 3.63) is 81.9 Å². The second-order valence-corrected chi connectivity index (χ2v) is 6.52. The molecule has 6 nitrogen and oxygen atoms in total. The normalized spacial score (nSPS) is 10.6. The topological polar surface area (TPSA) is 86.5 Å². The molecule has 0 heterocycles. The molecule has 0 aliphatic heterocycles. The Bertz CT molecular complexity index is 1040. The van der Waals surface area contributed by atoms with Gasteiger partial charge in [0.25, 0.3) is 5.69 Å². The Morgan fingerprint density at radius 3 is 2.56 bits per heavy atom. The van der Waals surface area contributed by atoms with Crippen molar-refractivity contribution in [2.45, 2.75) is 4.90 Å². The van der Waals surface area contributed by atoms with Crippen molar-refractivity contribution in [3.8, 4) is 0 Å². The van der Waals surface area contributed by atoms with Gasteiger partial charge in [0.05, 0.1) is 15.4 Å². The maximum Gasteiger partial charge on any atom is 0.338 e. The van der Waals surface area contributed by atoms with Crippen molar-refractivity contribution < 1.29 is 19.2 Å². The molecule has 3 aromatic rings. The molecular formula is C20H15NO5S. The fourth-order valence-corrected chi connectivity index (χ4v) is 3.27. The Balaban J connectivity index is 1.76. The van der Waals surface area contributed by atoms with Gasteiger partial charge in [0.15, 0.2) is 6.61 Å². The summed E-state index contributed by atoms with van der Waals surface area (Å²) >= 11 is 1.21. The van der Waals surface area contributed by atoms with E-state index in [-0.39, 0.29) is 17.0 Å². The molecule has 27 heavy (non-hydrogen) atoms. The SMILES string of the molecule is CSc1ccc(C(=O)OCC(=O)c2cccc3ccccc23)cc1[N+](=O)[O-]. The van der Waals surface area contributed by atoms with Crippen LogP contribution in [0.1, 0.15) is 20.7 Å². The number of thioether (sulfide) groups is 1. The van der Waals surface area contributed by atoms with Gasteiger partial charge in [-0.15, -0.1) is 11.8 Å². The van der Waals surface area contributed by atoms with Crippen molar-refractivity contribution in [2.24, 2.45) is 0 Å². The third-order valence-corrected chi connectivity index (χ3v) is 4.82. The van der Waals surface area contributed by atoms with Gasteiger partial charge < -0.3 is 4.74 Å². The Labute approximate surface area is 159 Å². The van der Waals surface area contributed by atoms with Crippen molar-refractivity contribution in [1.29, 1.82) is 0 Å². The fraction of sp³-hybridized carbons (Fsp3) is 0.100. The molecular weight excluding hydrogens is 366 g/mol. The molecule has 0 N–H and O–H groups in total. The zero-order valence-electron chi connectivity index (χ0n) is 14.4. The number of hydrogen-bond acceptors (Lipinski definition) is 6. The van der Waals surface area contributed by atoms with Crippen LogP contribution in [-0.2, 0) is 4.74 Å². The molecule has 0 spiro atoms. The second-order valence-electron chi connectivity index (χ2n) is 5.67. The number of carbonyl (C=O) groups is 2. The van der Waals surface area contributed by atoms with Crippen LogP contribution in [0.25, 0.3) is 10.8 Å². The van der Waals surface area contributed by atoms with E-state index in [4.69, 9.17) is 4.74 Å². The quantitative estimate of drug-likeness (QED) is 0.205. The number of nitrogens with zero attached hydrogens (tertiary/aromatic N) is 1. The molecule has 0 aliphatic carbocycles. The predicted molar refractivity (Wildman–Crippen MR) is 103 cm³/mol. The maximum absolute atomic E-state index is 12.5. The van der Waals surface area contributed by atoms with Crippen LogP contribution in [0.4, 0.5) is 5.69 Å². The van der Waals surface area contributed by atoms with Crippen LogP contribution in [0.2, 0.25) is 0 Å². The van der Waals surface area contributed by atoms with E-state index < -0.39 is 17.5 Å². The van der Waals surface area contributed by atoms with E-state index in [0.717, 1.165) is 16.8 Å². The first-order valence-electron chi connectivity index (χ1n) is 8.02. The lowest BCUT2D eigenvalue weighted by molar-refractivity contribution is -0.387. The summed E-state index contributed by atoms with van der Waals surface area (Å²) in [6.45, 7) is -0.440. The molecule has 0 bridgehead atoms. The van der Waals surface area contributed by atoms with E-state index in [9.17, 15) is 19.7 Å². The van der Waals surface area contributed by atoms with Gasteiger partial charge in [-0.3, -0.25) is 14.9 Å². The van der Waals surface area contributed by atoms with Crippen LogP contribution < -0.4 is 0 Å². The molecule has 0 unspecified atom stereocenters. The van der Waals surface area contributed by atoms with Crippen LogP contribution in [-0.4, -0.2) is 29.5 Å². The lowest BCUT2D eigenvalue weighted by Crippen LogP contribution is -2.14. The number of carbonyl (C=O) groups excluding carboxylic acids is 2. The third kappa shape index (κ3) is 3.98. The number of ketones is 1. The van der Waals surface area contributed by atoms with Gasteiger partial charge in [0, 0.05) is 11.6 Å². The molecule has 136 valence electrons. The highest BCUT2D eigenvalue weighted by molar-refractivity contribution is 7.98. The number of nitro groups is 1. The van der Waals surface area contributed by atoms with Gasteiger partial charge in [-0.05, 0) is 29.2 Å². The van der Waals surface area contributed by atoms with Gasteiger partial charge in [-0.2, -0.15) is 0 Å². The molecule has 3 rings (SSSR count). The van der Waals surface area contributed by atoms with Crippen molar-refractivity contribution in [3.63, 3.8) is 0 Å². The van der Waals surface area contributed by atoms with E-state index in [1.165, 1.54) is 23.9 Å². The van der Waals surface area contributed by atoms with E-state index in [0.29, 0.717) is 10.5 Å². The number of nitro benzene ring substituents is 1. The summed E-state index contributed by atoms with van der Waals surface area (Å²) in [5.41, 5.74) is 0.326. The Morgan fingerprint density at radius 1 is 1.07 bits per heavy atom. The minimum Gasteiger partial charge on any atom is -0.454 e. The summed E-state index contributed by atoms with van der Waals surface area (Å²) in [5, 5.41) is 12.8. The van der Waals surface area contributed by atoms with E-state index in [1.807, 2.05) is 30.3 Å². The van der Waals surface area contributed by atoms with Gasteiger partial charge in [-0.1, -0.05) is 42.5 Å². The summed E-state index contributed by atoms with van der Waals surface area (Å²) in [6.07, 6.45) is 1.71. The minimum absolute atomic E-state index is 0.0326. The van der Waals surface area contributed by atoms with Crippen LogP contribution in [0.3, 0.4) is 0 Å². The number of ether oxygens (including phenoxy) is 1. The summed E-state index contributed by atoms with van der Waals surface area (Å²) in [7, 11) is 0. The number of fused-ring (bicyclic) bond motifs is 1. The van der Waals surface area contributed by atoms with Crippen molar-refractivity contribution >= 4 is 40.0 Å². The third-order valence-electron chi connectivity index (χ3n) is 4.04. The van der Waals surface area contributed by atoms with Gasteiger partial charge >= 0.3 is 5.97 Å². The largest absolute Gasteiger partial charge is 0.454 e. The molecule has 0 saturated carbocycles. The van der Waals surface area contributed by atoms with Crippen LogP contribution in [0.15, 0.2) is 65.6 Å². The monoisotopic (exact) mass is 381 g/mol. The summed E-state index contributed by atoms with van der Waals surface area (Å²) in [6, 6.07) is 16.9. The Hall–Kier alpha value is -3.19.